The van der Waals surface area contributed by atoms with E-state index in [0.717, 1.165) is 9.25 Å². The molecule has 128 valence electrons. The average molecular weight is 331 g/mol. The lowest BCUT2D eigenvalue weighted by Crippen LogP contribution is -2.44. The zero-order valence-corrected chi connectivity index (χ0v) is 14.2. The first kappa shape index (κ1) is 17.4. The second-order valence-electron chi connectivity index (χ2n) is 6.84. The summed E-state index contributed by atoms with van der Waals surface area (Å²) < 4.78 is 44.3. The van der Waals surface area contributed by atoms with Gasteiger partial charge in [0.15, 0.2) is 0 Å². The van der Waals surface area contributed by atoms with Crippen LogP contribution in [0, 0.1) is 0 Å². The van der Waals surface area contributed by atoms with Gasteiger partial charge in [0.2, 0.25) is 0 Å². The molecule has 23 heavy (non-hydrogen) atoms. The van der Waals surface area contributed by atoms with E-state index >= 15 is 0 Å². The van der Waals surface area contributed by atoms with Crippen molar-refractivity contribution in [3.63, 3.8) is 0 Å². The summed E-state index contributed by atoms with van der Waals surface area (Å²) in [6, 6.07) is 0. The molecular formula is C14H22F3N6+. The molecule has 2 heterocycles. The molecule has 1 atom stereocenters. The molecule has 0 saturated carbocycles. The third-order valence-electron chi connectivity index (χ3n) is 3.65. The van der Waals surface area contributed by atoms with E-state index in [9.17, 15) is 13.2 Å². The van der Waals surface area contributed by atoms with Gasteiger partial charge in [-0.25, -0.2) is 4.57 Å². The molecule has 0 saturated heterocycles. The van der Waals surface area contributed by atoms with Gasteiger partial charge in [-0.15, -0.1) is 14.9 Å². The van der Waals surface area contributed by atoms with E-state index in [0.29, 0.717) is 11.6 Å². The number of aryl methyl sites for hydroxylation is 1. The molecule has 2 aromatic rings. The highest BCUT2D eigenvalue weighted by Crippen LogP contribution is 2.29. The number of alkyl halides is 3. The van der Waals surface area contributed by atoms with Crippen molar-refractivity contribution in [3.05, 3.63) is 23.8 Å². The first-order valence-corrected chi connectivity index (χ1v) is 7.31. The minimum absolute atomic E-state index is 0.0747. The molecule has 0 fully saturated rings. The topological polar surface area (TPSA) is 52.4 Å². The largest absolute Gasteiger partial charge is 0.481 e. The Bertz CT molecular complexity index is 692. The predicted molar refractivity (Wildman–Crippen MR) is 76.5 cm³/mol. The summed E-state index contributed by atoms with van der Waals surface area (Å²) in [4.78, 5) is 0. The van der Waals surface area contributed by atoms with E-state index in [1.54, 1.807) is 11.6 Å². The Morgan fingerprint density at radius 1 is 1.26 bits per heavy atom. The summed E-state index contributed by atoms with van der Waals surface area (Å²) >= 11 is 0. The van der Waals surface area contributed by atoms with Crippen molar-refractivity contribution >= 4 is 0 Å². The van der Waals surface area contributed by atoms with Crippen LogP contribution in [0.4, 0.5) is 13.2 Å². The zero-order chi connectivity index (χ0) is 17.6. The van der Waals surface area contributed by atoms with Gasteiger partial charge in [0.1, 0.15) is 18.7 Å². The van der Waals surface area contributed by atoms with Gasteiger partial charge >= 0.3 is 12.0 Å². The molecule has 0 aliphatic carbocycles. The van der Waals surface area contributed by atoms with Crippen molar-refractivity contribution in [2.75, 3.05) is 0 Å². The van der Waals surface area contributed by atoms with E-state index in [2.05, 4.69) is 15.3 Å². The van der Waals surface area contributed by atoms with Gasteiger partial charge in [-0.05, 0) is 20.8 Å². The monoisotopic (exact) mass is 331 g/mol. The van der Waals surface area contributed by atoms with Gasteiger partial charge < -0.3 is 4.57 Å². The molecule has 0 radical (unpaired) electrons. The van der Waals surface area contributed by atoms with Gasteiger partial charge in [-0.2, -0.15) is 13.2 Å². The summed E-state index contributed by atoms with van der Waals surface area (Å²) in [5.41, 5.74) is -0.492. The first-order valence-electron chi connectivity index (χ1n) is 7.31. The molecule has 6 nitrogen and oxygen atoms in total. The number of hydrogen-bond donors (Lipinski definition) is 0. The van der Waals surface area contributed by atoms with Crippen LogP contribution in [0.25, 0.3) is 0 Å². The molecule has 0 bridgehead atoms. The van der Waals surface area contributed by atoms with Gasteiger partial charge in [0, 0.05) is 12.1 Å². The molecule has 1 unspecified atom stereocenters. The number of hydrogen-bond acceptors (Lipinski definition) is 3. The highest BCUT2D eigenvalue weighted by atomic mass is 19.4. The molecule has 0 amide bonds. The minimum atomic E-state index is -4.48. The van der Waals surface area contributed by atoms with Gasteiger partial charge in [-0.1, -0.05) is 6.92 Å². The number of nitrogens with zero attached hydrogens (tertiary/aromatic N) is 6. The number of rotatable bonds is 3. The number of aromatic nitrogens is 6. The molecule has 2 aromatic heterocycles. The molecule has 0 N–H and O–H groups in total. The standard InChI is InChI=1S/C14H22F3N6/c1-9(10-19-18-8-21(10)5)7-23-12(14(15,16)17)22(6)11(20-23)13(2,3)4/h8-9H,7H2,1-6H3/q+1. The van der Waals surface area contributed by atoms with Gasteiger partial charge in [0.05, 0.1) is 18.4 Å². The normalized spacial score (nSPS) is 14.3. The van der Waals surface area contributed by atoms with Crippen LogP contribution in [0.5, 0.6) is 0 Å². The second kappa shape index (κ2) is 5.61. The maximum Gasteiger partial charge on any atom is 0.481 e. The summed E-state index contributed by atoms with van der Waals surface area (Å²) in [6.07, 6.45) is -2.95. The quantitative estimate of drug-likeness (QED) is 0.808. The Morgan fingerprint density at radius 3 is 2.30 bits per heavy atom. The third-order valence-corrected chi connectivity index (χ3v) is 3.65. The fraction of sp³-hybridized carbons (Fsp3) is 0.714. The smallest absolute Gasteiger partial charge is 0.320 e. The summed E-state index contributed by atoms with van der Waals surface area (Å²) in [5.74, 6) is -0.0173. The van der Waals surface area contributed by atoms with Crippen molar-refractivity contribution in [3.8, 4) is 0 Å². The lowest BCUT2D eigenvalue weighted by molar-refractivity contribution is -0.702. The lowest BCUT2D eigenvalue weighted by Gasteiger charge is -2.11. The van der Waals surface area contributed by atoms with Crippen molar-refractivity contribution in [2.45, 2.75) is 51.7 Å². The van der Waals surface area contributed by atoms with E-state index in [4.69, 9.17) is 0 Å². The first-order chi connectivity index (χ1) is 10.4. The highest BCUT2D eigenvalue weighted by molar-refractivity contribution is 4.99. The van der Waals surface area contributed by atoms with E-state index in [1.165, 1.54) is 13.4 Å². The maximum atomic E-state index is 13.5. The minimum Gasteiger partial charge on any atom is -0.320 e. The van der Waals surface area contributed by atoms with E-state index < -0.39 is 17.4 Å². The SMILES string of the molecule is CC(Cn1nc(C(C)(C)C)[n+](C)c1C(F)(F)F)c1nncn1C. The Labute approximate surface area is 132 Å². The van der Waals surface area contributed by atoms with Crippen LogP contribution in [0.3, 0.4) is 0 Å². The van der Waals surface area contributed by atoms with Crippen LogP contribution in [0.2, 0.25) is 0 Å². The third kappa shape index (κ3) is 3.37. The molecule has 9 heteroatoms. The van der Waals surface area contributed by atoms with Crippen molar-refractivity contribution < 1.29 is 17.7 Å². The second-order valence-corrected chi connectivity index (χ2v) is 6.84. The molecule has 0 aromatic carbocycles. The zero-order valence-electron chi connectivity index (χ0n) is 14.2. The van der Waals surface area contributed by atoms with Gasteiger partial charge in [-0.3, -0.25) is 0 Å². The van der Waals surface area contributed by atoms with E-state index in [-0.39, 0.29) is 12.5 Å². The van der Waals surface area contributed by atoms with Crippen LogP contribution in [0.1, 0.15) is 51.1 Å². The Morgan fingerprint density at radius 2 is 1.87 bits per heavy atom. The van der Waals surface area contributed by atoms with Crippen molar-refractivity contribution in [1.82, 2.24) is 24.5 Å². The van der Waals surface area contributed by atoms with Crippen LogP contribution in [-0.2, 0) is 32.2 Å². The Hall–Kier alpha value is -1.93. The maximum absolute atomic E-state index is 13.5. The average Bonchev–Trinajstić information content (AvgIpc) is 2.91. The summed E-state index contributed by atoms with van der Waals surface area (Å²) in [5, 5.41) is 12.0. The van der Waals surface area contributed by atoms with Gasteiger partial charge in [0.25, 0.3) is 5.82 Å². The molecule has 0 spiro atoms. The highest BCUT2D eigenvalue weighted by Gasteiger charge is 2.47. The molecule has 2 rings (SSSR count). The summed E-state index contributed by atoms with van der Waals surface area (Å²) in [6.45, 7) is 7.40. The van der Waals surface area contributed by atoms with Crippen LogP contribution >= 0.6 is 0 Å². The molecule has 0 aliphatic rings. The lowest BCUT2D eigenvalue weighted by atomic mass is 9.96. The van der Waals surface area contributed by atoms with Crippen LogP contribution in [0.15, 0.2) is 6.33 Å². The van der Waals surface area contributed by atoms with Crippen molar-refractivity contribution in [1.29, 1.82) is 0 Å². The fourth-order valence-electron chi connectivity index (χ4n) is 2.70. The fourth-order valence-corrected chi connectivity index (χ4v) is 2.70. The molecular weight excluding hydrogens is 309 g/mol. The predicted octanol–water partition coefficient (Wildman–Crippen LogP) is 1.96. The van der Waals surface area contributed by atoms with Crippen LogP contribution < -0.4 is 4.57 Å². The van der Waals surface area contributed by atoms with Crippen LogP contribution in [-0.4, -0.2) is 24.5 Å². The Kier molecular flexibility index (Phi) is 4.25. The number of halogens is 3. The molecule has 0 aliphatic heterocycles. The summed E-state index contributed by atoms with van der Waals surface area (Å²) in [7, 11) is 3.17. The van der Waals surface area contributed by atoms with E-state index in [1.807, 2.05) is 27.7 Å². The van der Waals surface area contributed by atoms with Crippen molar-refractivity contribution in [2.24, 2.45) is 14.1 Å². The Balaban J connectivity index is 2.47.